The third kappa shape index (κ3) is 3.43. The minimum atomic E-state index is 0.113. The molecule has 100 valence electrons. The average Bonchev–Trinajstić information content (AvgIpc) is 2.43. The molecule has 5 heteroatoms. The Balaban J connectivity index is 2.49. The zero-order chi connectivity index (χ0) is 13.8. The highest BCUT2D eigenvalue weighted by molar-refractivity contribution is 14.1. The highest BCUT2D eigenvalue weighted by Gasteiger charge is 2.16. The van der Waals surface area contributed by atoms with Crippen molar-refractivity contribution < 1.29 is 4.74 Å². The zero-order valence-corrected chi connectivity index (χ0v) is 13.6. The van der Waals surface area contributed by atoms with Crippen molar-refractivity contribution in [1.82, 2.24) is 9.97 Å². The average molecular weight is 389 g/mol. The van der Waals surface area contributed by atoms with Crippen molar-refractivity contribution in [3.8, 4) is 11.3 Å². The molecule has 2 rings (SSSR count). The van der Waals surface area contributed by atoms with Crippen molar-refractivity contribution in [2.75, 3.05) is 13.7 Å². The molecule has 0 radical (unpaired) electrons. The van der Waals surface area contributed by atoms with E-state index in [1.807, 2.05) is 37.3 Å². The molecule has 1 aromatic carbocycles. The fourth-order valence-corrected chi connectivity index (χ4v) is 2.50. The molecule has 0 aliphatic rings. The highest BCUT2D eigenvalue weighted by atomic mass is 127. The van der Waals surface area contributed by atoms with Crippen molar-refractivity contribution in [2.45, 2.75) is 12.8 Å². The maximum atomic E-state index is 6.21. The van der Waals surface area contributed by atoms with Gasteiger partial charge in [-0.25, -0.2) is 9.97 Å². The maximum Gasteiger partial charge on any atom is 0.146 e. The summed E-state index contributed by atoms with van der Waals surface area (Å²) in [5, 5.41) is 0.493. The Morgan fingerprint density at radius 2 is 1.95 bits per heavy atom. The lowest BCUT2D eigenvalue weighted by Gasteiger charge is -2.12. The summed E-state index contributed by atoms with van der Waals surface area (Å²) in [5.74, 6) is 0.827. The van der Waals surface area contributed by atoms with Crippen molar-refractivity contribution in [2.24, 2.45) is 0 Å². The van der Waals surface area contributed by atoms with E-state index in [1.165, 1.54) is 0 Å². The number of hydrogen-bond donors (Lipinski definition) is 0. The third-order valence-corrected chi connectivity index (χ3v) is 4.35. The molecule has 1 atom stereocenters. The minimum absolute atomic E-state index is 0.113. The van der Waals surface area contributed by atoms with Crippen LogP contribution in [0.2, 0.25) is 5.15 Å². The van der Waals surface area contributed by atoms with Crippen LogP contribution in [0.1, 0.15) is 18.7 Å². The van der Waals surface area contributed by atoms with Gasteiger partial charge >= 0.3 is 0 Å². The second-order valence-corrected chi connectivity index (χ2v) is 5.69. The monoisotopic (exact) mass is 388 g/mol. The topological polar surface area (TPSA) is 35.0 Å². The molecule has 0 N–H and O–H groups in total. The molecule has 2 aromatic rings. The second kappa shape index (κ2) is 6.63. The van der Waals surface area contributed by atoms with E-state index in [-0.39, 0.29) is 5.92 Å². The smallest absolute Gasteiger partial charge is 0.146 e. The van der Waals surface area contributed by atoms with E-state index in [0.29, 0.717) is 17.6 Å². The number of methoxy groups -OCH3 is 1. The predicted octanol–water partition coefficient (Wildman–Crippen LogP) is 4.15. The Morgan fingerprint density at radius 3 is 2.58 bits per heavy atom. The Kier molecular flexibility index (Phi) is 5.13. The number of nitrogens with zero attached hydrogens (tertiary/aromatic N) is 2. The number of ether oxygens (including phenoxy) is 1. The van der Waals surface area contributed by atoms with E-state index in [2.05, 4.69) is 32.6 Å². The molecule has 0 spiro atoms. The van der Waals surface area contributed by atoms with Crippen molar-refractivity contribution in [3.63, 3.8) is 0 Å². The van der Waals surface area contributed by atoms with E-state index in [4.69, 9.17) is 16.3 Å². The van der Waals surface area contributed by atoms with Gasteiger partial charge in [0, 0.05) is 18.6 Å². The summed E-state index contributed by atoms with van der Waals surface area (Å²) in [4.78, 5) is 8.98. The maximum absolute atomic E-state index is 6.21. The van der Waals surface area contributed by atoms with E-state index in [0.717, 1.165) is 14.8 Å². The van der Waals surface area contributed by atoms with E-state index in [9.17, 15) is 0 Å². The van der Waals surface area contributed by atoms with Crippen LogP contribution in [0.3, 0.4) is 0 Å². The van der Waals surface area contributed by atoms with Crippen LogP contribution >= 0.6 is 34.2 Å². The first kappa shape index (κ1) is 14.7. The van der Waals surface area contributed by atoms with E-state index in [1.54, 1.807) is 7.11 Å². The highest BCUT2D eigenvalue weighted by Crippen LogP contribution is 2.29. The van der Waals surface area contributed by atoms with E-state index >= 15 is 0 Å². The molecule has 0 saturated carbocycles. The molecule has 0 saturated heterocycles. The summed E-state index contributed by atoms with van der Waals surface area (Å²) in [7, 11) is 1.67. The molecule has 0 bridgehead atoms. The number of rotatable bonds is 4. The lowest BCUT2D eigenvalue weighted by Crippen LogP contribution is -2.09. The van der Waals surface area contributed by atoms with Crippen LogP contribution in [0, 0.1) is 3.57 Å². The van der Waals surface area contributed by atoms with Crippen molar-refractivity contribution in [3.05, 3.63) is 44.9 Å². The molecule has 0 aliphatic carbocycles. The van der Waals surface area contributed by atoms with Gasteiger partial charge in [0.1, 0.15) is 11.0 Å². The molecule has 3 nitrogen and oxygen atoms in total. The van der Waals surface area contributed by atoms with Crippen molar-refractivity contribution >= 4 is 34.2 Å². The fourth-order valence-electron chi connectivity index (χ4n) is 1.77. The van der Waals surface area contributed by atoms with Gasteiger partial charge in [-0.2, -0.15) is 0 Å². The Bertz CT molecular complexity index is 563. The van der Waals surface area contributed by atoms with Crippen LogP contribution in [0.25, 0.3) is 11.3 Å². The number of hydrogen-bond acceptors (Lipinski definition) is 3. The van der Waals surface area contributed by atoms with Crippen molar-refractivity contribution in [1.29, 1.82) is 0 Å². The lowest BCUT2D eigenvalue weighted by atomic mass is 10.1. The summed E-state index contributed by atoms with van der Waals surface area (Å²) in [5.41, 5.74) is 1.92. The summed E-state index contributed by atoms with van der Waals surface area (Å²) in [6.45, 7) is 2.60. The quantitative estimate of drug-likeness (QED) is 0.583. The molecule has 1 unspecified atom stereocenters. The molecule has 1 heterocycles. The summed E-state index contributed by atoms with van der Waals surface area (Å²) < 4.78 is 6.02. The molecule has 19 heavy (non-hydrogen) atoms. The Labute approximate surface area is 131 Å². The number of benzene rings is 1. The van der Waals surface area contributed by atoms with Crippen LogP contribution in [0.5, 0.6) is 0 Å². The molecule has 0 amide bonds. The van der Waals surface area contributed by atoms with Gasteiger partial charge in [-0.3, -0.25) is 0 Å². The largest absolute Gasteiger partial charge is 0.384 e. The fraction of sp³-hybridized carbons (Fsp3) is 0.286. The predicted molar refractivity (Wildman–Crippen MR) is 85.5 cm³/mol. The molecular weight excluding hydrogens is 375 g/mol. The van der Waals surface area contributed by atoms with E-state index < -0.39 is 0 Å². The summed E-state index contributed by atoms with van der Waals surface area (Å²) in [6.07, 6.45) is 0. The van der Waals surface area contributed by atoms with Gasteiger partial charge in [-0.1, -0.05) is 48.9 Å². The Morgan fingerprint density at radius 1 is 1.26 bits per heavy atom. The van der Waals surface area contributed by atoms with Crippen LogP contribution in [0.15, 0.2) is 30.3 Å². The van der Waals surface area contributed by atoms with Gasteiger partial charge < -0.3 is 4.74 Å². The van der Waals surface area contributed by atoms with Crippen LogP contribution in [-0.4, -0.2) is 23.7 Å². The number of aromatic nitrogens is 2. The van der Waals surface area contributed by atoms with Gasteiger partial charge in [0.05, 0.1) is 15.9 Å². The summed E-state index contributed by atoms with van der Waals surface area (Å²) in [6, 6.07) is 9.99. The van der Waals surface area contributed by atoms with Gasteiger partial charge in [-0.15, -0.1) is 0 Å². The second-order valence-electron chi connectivity index (χ2n) is 4.26. The minimum Gasteiger partial charge on any atom is -0.384 e. The first-order chi connectivity index (χ1) is 9.13. The lowest BCUT2D eigenvalue weighted by molar-refractivity contribution is 0.181. The molecule has 0 aliphatic heterocycles. The molecule has 1 aromatic heterocycles. The first-order valence-corrected chi connectivity index (χ1v) is 7.36. The standard InChI is InChI=1S/C14H14ClIN2O/c1-9(8-19-2)14-17-12(11(16)13(15)18-14)10-6-4-3-5-7-10/h3-7,9H,8H2,1-2H3. The van der Waals surface area contributed by atoms with Gasteiger partial charge in [-0.05, 0) is 22.6 Å². The number of halogens is 2. The van der Waals surface area contributed by atoms with Gasteiger partial charge in [0.2, 0.25) is 0 Å². The van der Waals surface area contributed by atoms with Crippen LogP contribution < -0.4 is 0 Å². The zero-order valence-electron chi connectivity index (χ0n) is 10.7. The molecule has 0 fully saturated rings. The SMILES string of the molecule is COCC(C)c1nc(Cl)c(I)c(-c2ccccc2)n1. The normalized spacial score (nSPS) is 12.4. The van der Waals surface area contributed by atoms with Crippen LogP contribution in [0.4, 0.5) is 0 Å². The van der Waals surface area contributed by atoms with Gasteiger partial charge in [0.15, 0.2) is 0 Å². The third-order valence-electron chi connectivity index (χ3n) is 2.73. The van der Waals surface area contributed by atoms with Gasteiger partial charge in [0.25, 0.3) is 0 Å². The van der Waals surface area contributed by atoms with Crippen LogP contribution in [-0.2, 0) is 4.74 Å². The first-order valence-electron chi connectivity index (χ1n) is 5.90. The summed E-state index contributed by atoms with van der Waals surface area (Å²) >= 11 is 8.40. The Hall–Kier alpha value is -0.720. The molecular formula is C14H14ClIN2O.